The van der Waals surface area contributed by atoms with Crippen molar-refractivity contribution in [1.29, 1.82) is 0 Å². The van der Waals surface area contributed by atoms with E-state index in [9.17, 15) is 0 Å². The van der Waals surface area contributed by atoms with Crippen LogP contribution in [0.1, 0.15) is 33.4 Å². The number of rotatable bonds is 6. The second-order valence-corrected chi connectivity index (χ2v) is 14.5. The minimum atomic E-state index is 0.614. The Morgan fingerprint density at radius 2 is 0.429 bits per heavy atom. The van der Waals surface area contributed by atoms with Crippen LogP contribution >= 0.6 is 70.6 Å². The van der Waals surface area contributed by atoms with Gasteiger partial charge in [-0.15, -0.1) is 70.6 Å². The maximum atomic E-state index is 5.10. The number of benzene rings is 3. The number of thioether (sulfide) groups is 6. The maximum absolute atomic E-state index is 5.10. The van der Waals surface area contributed by atoms with Gasteiger partial charge in [0.2, 0.25) is 0 Å². The molecular formula is C30H24N6S6. The highest BCUT2D eigenvalue weighted by Gasteiger charge is 2.32. The van der Waals surface area contributed by atoms with Crippen LogP contribution in [0.3, 0.4) is 0 Å². The van der Waals surface area contributed by atoms with Gasteiger partial charge in [-0.1, -0.05) is 0 Å². The largest absolute Gasteiger partial charge is 0.208 e. The van der Waals surface area contributed by atoms with Gasteiger partial charge >= 0.3 is 0 Å². The van der Waals surface area contributed by atoms with Crippen molar-refractivity contribution in [3.63, 3.8) is 0 Å². The van der Waals surface area contributed by atoms with Gasteiger partial charge in [-0.2, -0.15) is 0 Å². The second-order valence-electron chi connectivity index (χ2n) is 9.37. The van der Waals surface area contributed by atoms with Crippen LogP contribution in [-0.2, 0) is 0 Å². The number of hydrogen-bond donors (Lipinski definition) is 0. The van der Waals surface area contributed by atoms with Gasteiger partial charge < -0.3 is 0 Å². The Balaban J connectivity index is 1.55. The first kappa shape index (κ1) is 28.5. The highest BCUT2D eigenvalue weighted by Crippen LogP contribution is 2.39. The Labute approximate surface area is 270 Å². The minimum Gasteiger partial charge on any atom is -0.208 e. The van der Waals surface area contributed by atoms with Crippen molar-refractivity contribution in [2.24, 2.45) is 30.0 Å². The fourth-order valence-electron chi connectivity index (χ4n) is 5.22. The molecule has 0 N–H and O–H groups in total. The van der Waals surface area contributed by atoms with Crippen molar-refractivity contribution in [1.82, 2.24) is 0 Å². The van der Waals surface area contributed by atoms with E-state index in [2.05, 4.69) is 73.9 Å². The minimum absolute atomic E-state index is 0.614. The molecule has 3 aromatic carbocycles. The third-order valence-electron chi connectivity index (χ3n) is 7.29. The van der Waals surface area contributed by atoms with Gasteiger partial charge in [-0.25, -0.2) is 30.0 Å². The Kier molecular flexibility index (Phi) is 7.73. The van der Waals surface area contributed by atoms with E-state index in [1.165, 1.54) is 29.4 Å². The third kappa shape index (κ3) is 4.57. The van der Waals surface area contributed by atoms with Crippen LogP contribution in [0, 0.1) is 0 Å². The first-order valence-electron chi connectivity index (χ1n) is 12.8. The second kappa shape index (κ2) is 11.4. The smallest absolute Gasteiger partial charge is 0.164 e. The molecule has 42 heavy (non-hydrogen) atoms. The molecule has 0 saturated heterocycles. The van der Waals surface area contributed by atoms with Crippen molar-refractivity contribution >= 4 is 106 Å². The SMILES string of the molecule is CSc1cc2c(cc1SC)C1=NC3=NC(=NC4=NC(=NC2=N1)c1cc(SC)c(SC)cc14)c1cc(SC)c(SC)cc13. The molecule has 6 nitrogen and oxygen atoms in total. The molecular weight excluding hydrogens is 637 g/mol. The van der Waals surface area contributed by atoms with Gasteiger partial charge in [0.15, 0.2) is 35.0 Å². The fourth-order valence-corrected chi connectivity index (χ4v) is 9.70. The van der Waals surface area contributed by atoms with Crippen molar-refractivity contribution in [3.05, 3.63) is 69.8 Å². The molecule has 210 valence electrons. The predicted octanol–water partition coefficient (Wildman–Crippen LogP) is 7.95. The predicted molar refractivity (Wildman–Crippen MR) is 189 cm³/mol. The van der Waals surface area contributed by atoms with Crippen LogP contribution in [0.5, 0.6) is 0 Å². The summed E-state index contributed by atoms with van der Waals surface area (Å²) in [4.78, 5) is 37.5. The van der Waals surface area contributed by atoms with Crippen molar-refractivity contribution in [2.75, 3.05) is 37.5 Å². The quantitative estimate of drug-likeness (QED) is 0.250. The lowest BCUT2D eigenvalue weighted by Gasteiger charge is -2.10. The molecule has 6 bridgehead atoms. The first-order chi connectivity index (χ1) is 20.5. The lowest BCUT2D eigenvalue weighted by molar-refractivity contribution is 1.24. The van der Waals surface area contributed by atoms with Crippen LogP contribution < -0.4 is 0 Å². The summed E-state index contributed by atoms with van der Waals surface area (Å²) in [5, 5.41) is 0. The first-order valence-corrected chi connectivity index (χ1v) is 20.2. The average Bonchev–Trinajstić information content (AvgIpc) is 3.65. The zero-order chi connectivity index (χ0) is 29.1. The van der Waals surface area contributed by atoms with Crippen LogP contribution in [0.4, 0.5) is 0 Å². The molecule has 3 aromatic rings. The molecule has 0 amide bonds. The van der Waals surface area contributed by atoms with Crippen LogP contribution in [0.15, 0.2) is 95.7 Å². The van der Waals surface area contributed by atoms with E-state index in [4.69, 9.17) is 30.0 Å². The van der Waals surface area contributed by atoms with Gasteiger partial charge in [-0.05, 0) is 73.9 Å². The molecule has 0 aliphatic carbocycles. The summed E-state index contributed by atoms with van der Waals surface area (Å²) in [6.07, 6.45) is 12.6. The summed E-state index contributed by atoms with van der Waals surface area (Å²) in [5.41, 5.74) is 5.76. The molecule has 0 atom stereocenters. The monoisotopic (exact) mass is 660 g/mol. The Morgan fingerprint density at radius 1 is 0.286 bits per heavy atom. The standard InChI is InChI=1S/C30H24N6S6/c1-37-19-7-13-14(8-20(19)38-2)26-31-25(13)34-27-15-9-21(39-3)22(40-4)10-16(15)29(32-27)36-30-18-12-24(42-6)23(41-5)11-17(18)28(33-30)35-26/h7-12H,1-6H3. The number of nitrogens with zero attached hydrogens (tertiary/aromatic N) is 6. The topological polar surface area (TPSA) is 74.2 Å². The molecule has 4 heterocycles. The maximum Gasteiger partial charge on any atom is 0.164 e. The van der Waals surface area contributed by atoms with Crippen LogP contribution in [0.2, 0.25) is 0 Å². The van der Waals surface area contributed by atoms with Gasteiger partial charge in [0.05, 0.1) is 0 Å². The molecule has 0 fully saturated rings. The molecule has 0 unspecified atom stereocenters. The van der Waals surface area contributed by atoms with Crippen molar-refractivity contribution in [2.45, 2.75) is 29.4 Å². The van der Waals surface area contributed by atoms with E-state index in [0.717, 1.165) is 33.4 Å². The molecule has 4 aliphatic rings. The average molecular weight is 661 g/mol. The van der Waals surface area contributed by atoms with E-state index in [1.54, 1.807) is 70.6 Å². The molecule has 0 radical (unpaired) electrons. The lowest BCUT2D eigenvalue weighted by Crippen LogP contribution is -2.04. The molecule has 0 aromatic heterocycles. The summed E-state index contributed by atoms with van der Waals surface area (Å²) < 4.78 is 0. The van der Waals surface area contributed by atoms with E-state index in [1.807, 2.05) is 0 Å². The molecule has 7 rings (SSSR count). The number of amidine groups is 6. The Hall–Kier alpha value is -2.22. The molecule has 4 aliphatic heterocycles. The lowest BCUT2D eigenvalue weighted by atomic mass is 10.1. The van der Waals surface area contributed by atoms with Gasteiger partial charge in [-0.3, -0.25) is 0 Å². The normalized spacial score (nSPS) is 15.9. The van der Waals surface area contributed by atoms with Crippen LogP contribution in [0.25, 0.3) is 0 Å². The molecule has 0 spiro atoms. The van der Waals surface area contributed by atoms with Gasteiger partial charge in [0, 0.05) is 62.8 Å². The molecule has 0 saturated carbocycles. The number of fused-ring (bicyclic) bond motifs is 12. The number of hydrogen-bond acceptors (Lipinski definition) is 12. The van der Waals surface area contributed by atoms with E-state index >= 15 is 0 Å². The van der Waals surface area contributed by atoms with E-state index < -0.39 is 0 Å². The zero-order valence-corrected chi connectivity index (χ0v) is 28.5. The van der Waals surface area contributed by atoms with Crippen LogP contribution in [-0.4, -0.2) is 72.5 Å². The Bertz CT molecular complexity index is 1670. The highest BCUT2D eigenvalue weighted by atomic mass is 32.2. The number of aliphatic imine (C=N–C) groups is 6. The summed E-state index contributed by atoms with van der Waals surface area (Å²) in [6, 6.07) is 13.1. The van der Waals surface area contributed by atoms with Crippen molar-refractivity contribution in [3.8, 4) is 0 Å². The summed E-state index contributed by atoms with van der Waals surface area (Å²) in [5.74, 6) is 3.69. The van der Waals surface area contributed by atoms with Crippen molar-refractivity contribution < 1.29 is 0 Å². The van der Waals surface area contributed by atoms with E-state index in [-0.39, 0.29) is 0 Å². The Morgan fingerprint density at radius 3 is 0.548 bits per heavy atom. The summed E-state index contributed by atoms with van der Waals surface area (Å²) >= 11 is 10.3. The zero-order valence-electron chi connectivity index (χ0n) is 23.6. The fraction of sp³-hybridized carbons (Fsp3) is 0.200. The molecule has 12 heteroatoms. The summed E-state index contributed by atoms with van der Waals surface area (Å²) in [6.45, 7) is 0. The van der Waals surface area contributed by atoms with E-state index in [0.29, 0.717) is 35.0 Å². The summed E-state index contributed by atoms with van der Waals surface area (Å²) in [7, 11) is 0. The van der Waals surface area contributed by atoms with Gasteiger partial charge in [0.1, 0.15) is 0 Å². The third-order valence-corrected chi connectivity index (χ3v) is 12.3. The highest BCUT2D eigenvalue weighted by molar-refractivity contribution is 8.02. The van der Waals surface area contributed by atoms with Gasteiger partial charge in [0.25, 0.3) is 0 Å².